The van der Waals surface area contributed by atoms with Crippen molar-refractivity contribution in [3.05, 3.63) is 69.6 Å². The van der Waals surface area contributed by atoms with Crippen molar-refractivity contribution in [2.75, 3.05) is 12.4 Å². The average molecular weight is 335 g/mol. The molecular weight excluding hydrogens is 314 g/mol. The number of aryl methyl sites for hydroxylation is 1. The highest BCUT2D eigenvalue weighted by atomic mass is 16.5. The van der Waals surface area contributed by atoms with Crippen LogP contribution in [0.5, 0.6) is 5.75 Å². The largest absolute Gasteiger partial charge is 0.497 e. The molecule has 0 fully saturated rings. The third-order valence-electron chi connectivity index (χ3n) is 4.90. The molecule has 0 atom stereocenters. The van der Waals surface area contributed by atoms with Gasteiger partial charge in [-0.1, -0.05) is 12.1 Å². The molecule has 0 bridgehead atoms. The van der Waals surface area contributed by atoms with Crippen molar-refractivity contribution in [1.29, 1.82) is 0 Å². The Morgan fingerprint density at radius 1 is 1.12 bits per heavy atom. The fourth-order valence-electron chi connectivity index (χ4n) is 3.62. The highest BCUT2D eigenvalue weighted by Gasteiger charge is 2.13. The lowest BCUT2D eigenvalue weighted by molar-refractivity contribution is 0.414. The Balaban J connectivity index is 1.66. The first-order valence-corrected chi connectivity index (χ1v) is 8.70. The molecule has 1 aliphatic rings. The normalized spacial score (nSPS) is 13.5. The fraction of sp³-hybridized carbons (Fsp3) is 0.286. The van der Waals surface area contributed by atoms with Gasteiger partial charge in [-0.05, 0) is 60.6 Å². The topological polar surface area (TPSA) is 51.5 Å². The molecule has 0 radical (unpaired) electrons. The number of rotatable bonds is 4. The van der Waals surface area contributed by atoms with Crippen molar-refractivity contribution < 1.29 is 9.15 Å². The van der Waals surface area contributed by atoms with Crippen LogP contribution in [0.4, 0.5) is 5.69 Å². The van der Waals surface area contributed by atoms with Gasteiger partial charge in [0.1, 0.15) is 11.3 Å². The minimum atomic E-state index is -0.340. The maximum absolute atomic E-state index is 11.9. The van der Waals surface area contributed by atoms with Gasteiger partial charge in [0.05, 0.1) is 7.11 Å². The Hall–Kier alpha value is -2.75. The smallest absolute Gasteiger partial charge is 0.336 e. The Kier molecular flexibility index (Phi) is 4.18. The quantitative estimate of drug-likeness (QED) is 0.723. The van der Waals surface area contributed by atoms with Crippen molar-refractivity contribution in [3.8, 4) is 5.75 Å². The van der Waals surface area contributed by atoms with E-state index in [1.165, 1.54) is 29.7 Å². The number of anilines is 1. The predicted molar refractivity (Wildman–Crippen MR) is 99.4 cm³/mol. The summed E-state index contributed by atoms with van der Waals surface area (Å²) in [6, 6.07) is 13.6. The number of methoxy groups -OCH3 is 1. The lowest BCUT2D eigenvalue weighted by atomic mass is 9.90. The Labute approximate surface area is 146 Å². The van der Waals surface area contributed by atoms with E-state index < -0.39 is 0 Å². The zero-order chi connectivity index (χ0) is 17.2. The van der Waals surface area contributed by atoms with Gasteiger partial charge in [-0.3, -0.25) is 0 Å². The molecule has 0 amide bonds. The van der Waals surface area contributed by atoms with E-state index in [4.69, 9.17) is 9.15 Å². The van der Waals surface area contributed by atoms with Crippen LogP contribution in [-0.4, -0.2) is 7.11 Å². The minimum Gasteiger partial charge on any atom is -0.497 e. The van der Waals surface area contributed by atoms with Crippen molar-refractivity contribution in [3.63, 3.8) is 0 Å². The first-order chi connectivity index (χ1) is 12.2. The second-order valence-corrected chi connectivity index (χ2v) is 6.46. The van der Waals surface area contributed by atoms with Crippen molar-refractivity contribution in [2.24, 2.45) is 0 Å². The zero-order valence-corrected chi connectivity index (χ0v) is 14.3. The number of hydrogen-bond donors (Lipinski definition) is 1. The van der Waals surface area contributed by atoms with Gasteiger partial charge in [-0.2, -0.15) is 0 Å². The standard InChI is InChI=1S/C21H21NO3/c1-24-16-9-10-18-15(11-21(23)25-20(18)12-16)13-22-19-8-4-6-14-5-2-3-7-17(14)19/h4,6,8-12,22H,2-3,5,7,13H2,1H3. The van der Waals surface area contributed by atoms with Crippen molar-refractivity contribution in [1.82, 2.24) is 0 Å². The summed E-state index contributed by atoms with van der Waals surface area (Å²) < 4.78 is 10.5. The molecule has 4 heteroatoms. The molecule has 0 saturated carbocycles. The van der Waals surface area contributed by atoms with Crippen LogP contribution >= 0.6 is 0 Å². The van der Waals surface area contributed by atoms with Gasteiger partial charge in [0.25, 0.3) is 0 Å². The van der Waals surface area contributed by atoms with Crippen LogP contribution in [0.1, 0.15) is 29.5 Å². The molecule has 4 rings (SSSR count). The van der Waals surface area contributed by atoms with E-state index in [1.807, 2.05) is 12.1 Å². The van der Waals surface area contributed by atoms with Gasteiger partial charge in [0.2, 0.25) is 0 Å². The Bertz CT molecular complexity index is 975. The number of ether oxygens (including phenoxy) is 1. The minimum absolute atomic E-state index is 0.340. The molecule has 1 heterocycles. The van der Waals surface area contributed by atoms with Gasteiger partial charge in [0, 0.05) is 29.8 Å². The first-order valence-electron chi connectivity index (χ1n) is 8.70. The highest BCUT2D eigenvalue weighted by molar-refractivity contribution is 5.81. The molecule has 0 spiro atoms. The van der Waals surface area contributed by atoms with E-state index >= 15 is 0 Å². The molecule has 0 aliphatic heterocycles. The molecule has 128 valence electrons. The number of nitrogens with one attached hydrogen (secondary N) is 1. The molecule has 2 aromatic carbocycles. The van der Waals surface area contributed by atoms with Crippen molar-refractivity contribution >= 4 is 16.7 Å². The summed E-state index contributed by atoms with van der Waals surface area (Å²) in [5, 5.41) is 4.45. The summed E-state index contributed by atoms with van der Waals surface area (Å²) in [6.07, 6.45) is 4.78. The maximum atomic E-state index is 11.9. The van der Waals surface area contributed by atoms with Crippen LogP contribution in [0.2, 0.25) is 0 Å². The lowest BCUT2D eigenvalue weighted by Gasteiger charge is -2.20. The van der Waals surface area contributed by atoms with E-state index in [1.54, 1.807) is 19.2 Å². The molecule has 25 heavy (non-hydrogen) atoms. The molecule has 1 aromatic heterocycles. The maximum Gasteiger partial charge on any atom is 0.336 e. The van der Waals surface area contributed by atoms with Gasteiger partial charge in [0.15, 0.2) is 0 Å². The fourth-order valence-corrected chi connectivity index (χ4v) is 3.62. The summed E-state index contributed by atoms with van der Waals surface area (Å²) in [4.78, 5) is 11.9. The first kappa shape index (κ1) is 15.8. The third kappa shape index (κ3) is 3.12. The van der Waals surface area contributed by atoms with Crippen molar-refractivity contribution in [2.45, 2.75) is 32.2 Å². The SMILES string of the molecule is COc1ccc2c(CNc3cccc4c3CCCC4)cc(=O)oc2c1. The molecule has 3 aromatic rings. The van der Waals surface area contributed by atoms with E-state index in [0.29, 0.717) is 17.9 Å². The molecular formula is C21H21NO3. The number of fused-ring (bicyclic) bond motifs is 2. The molecule has 1 N–H and O–H groups in total. The number of benzene rings is 2. The van der Waals surface area contributed by atoms with E-state index in [-0.39, 0.29) is 5.63 Å². The summed E-state index contributed by atoms with van der Waals surface area (Å²) in [5.74, 6) is 0.679. The average Bonchev–Trinajstić information content (AvgIpc) is 2.65. The molecule has 0 saturated heterocycles. The van der Waals surface area contributed by atoms with Gasteiger partial charge in [-0.15, -0.1) is 0 Å². The van der Waals surface area contributed by atoms with Gasteiger partial charge >= 0.3 is 5.63 Å². The summed E-state index contributed by atoms with van der Waals surface area (Å²) in [6.45, 7) is 0.588. The summed E-state index contributed by atoms with van der Waals surface area (Å²) in [5.41, 5.74) is 5.18. The van der Waals surface area contributed by atoms with Crippen LogP contribution < -0.4 is 15.7 Å². The Morgan fingerprint density at radius 3 is 2.88 bits per heavy atom. The van der Waals surface area contributed by atoms with Crippen LogP contribution in [0, 0.1) is 0 Å². The third-order valence-corrected chi connectivity index (χ3v) is 4.90. The van der Waals surface area contributed by atoms with Gasteiger partial charge < -0.3 is 14.5 Å². The van der Waals surface area contributed by atoms with Crippen LogP contribution in [0.15, 0.2) is 51.7 Å². The highest BCUT2D eigenvalue weighted by Crippen LogP contribution is 2.29. The van der Waals surface area contributed by atoms with Crippen LogP contribution in [0.25, 0.3) is 11.0 Å². The molecule has 4 nitrogen and oxygen atoms in total. The van der Waals surface area contributed by atoms with E-state index in [9.17, 15) is 4.79 Å². The molecule has 1 aliphatic carbocycles. The van der Waals surface area contributed by atoms with E-state index in [2.05, 4.69) is 23.5 Å². The summed E-state index contributed by atoms with van der Waals surface area (Å²) >= 11 is 0. The zero-order valence-electron chi connectivity index (χ0n) is 14.3. The second kappa shape index (κ2) is 6.63. The monoisotopic (exact) mass is 335 g/mol. The number of hydrogen-bond acceptors (Lipinski definition) is 4. The predicted octanol–water partition coefficient (Wildman–Crippen LogP) is 4.29. The van der Waals surface area contributed by atoms with Crippen LogP contribution in [0.3, 0.4) is 0 Å². The van der Waals surface area contributed by atoms with Crippen LogP contribution in [-0.2, 0) is 19.4 Å². The lowest BCUT2D eigenvalue weighted by Crippen LogP contribution is -2.10. The van der Waals surface area contributed by atoms with Gasteiger partial charge in [-0.25, -0.2) is 4.79 Å². The summed E-state index contributed by atoms with van der Waals surface area (Å²) in [7, 11) is 1.60. The Morgan fingerprint density at radius 2 is 2.00 bits per heavy atom. The molecule has 0 unspecified atom stereocenters. The van der Waals surface area contributed by atoms with E-state index in [0.717, 1.165) is 23.8 Å². The second-order valence-electron chi connectivity index (χ2n) is 6.46.